The second-order valence-corrected chi connectivity index (χ2v) is 7.93. The lowest BCUT2D eigenvalue weighted by molar-refractivity contribution is 0.103. The van der Waals surface area contributed by atoms with Crippen LogP contribution in [0.25, 0.3) is 11.0 Å². The van der Waals surface area contributed by atoms with Gasteiger partial charge in [0, 0.05) is 38.4 Å². The fourth-order valence-electron chi connectivity index (χ4n) is 3.54. The van der Waals surface area contributed by atoms with Gasteiger partial charge in [0.2, 0.25) is 0 Å². The van der Waals surface area contributed by atoms with Gasteiger partial charge >= 0.3 is 0 Å². The number of piperazine rings is 1. The summed E-state index contributed by atoms with van der Waals surface area (Å²) in [5.74, 6) is 1.02. The Morgan fingerprint density at radius 2 is 2.04 bits per heavy atom. The minimum absolute atomic E-state index is 0.0723. The van der Waals surface area contributed by atoms with Crippen molar-refractivity contribution in [3.63, 3.8) is 0 Å². The van der Waals surface area contributed by atoms with Crippen LogP contribution in [0.15, 0.2) is 35.7 Å². The SMILES string of the molecule is CCn1c(CN2CCN(C)CC2)nc2cc(NC(=O)c3cccs3)ccc21. The molecule has 7 heteroatoms. The zero-order valence-electron chi connectivity index (χ0n) is 15.8. The Morgan fingerprint density at radius 1 is 1.22 bits per heavy atom. The number of fused-ring (bicyclic) bond motifs is 1. The van der Waals surface area contributed by atoms with Gasteiger partial charge in [-0.05, 0) is 43.6 Å². The fourth-order valence-corrected chi connectivity index (χ4v) is 4.16. The molecule has 0 aliphatic carbocycles. The van der Waals surface area contributed by atoms with Crippen molar-refractivity contribution in [2.45, 2.75) is 20.0 Å². The minimum atomic E-state index is -0.0723. The third-order valence-corrected chi connectivity index (χ3v) is 5.98. The first kappa shape index (κ1) is 18.2. The first-order valence-electron chi connectivity index (χ1n) is 9.39. The number of thiophene rings is 1. The zero-order chi connectivity index (χ0) is 18.8. The molecular weight excluding hydrogens is 358 g/mol. The number of nitrogens with zero attached hydrogens (tertiary/aromatic N) is 4. The number of hydrogen-bond acceptors (Lipinski definition) is 5. The van der Waals surface area contributed by atoms with Crippen molar-refractivity contribution in [1.82, 2.24) is 19.4 Å². The van der Waals surface area contributed by atoms with Crippen LogP contribution in [-0.4, -0.2) is 58.5 Å². The third kappa shape index (κ3) is 3.90. The normalized spacial score (nSPS) is 16.1. The number of amides is 1. The summed E-state index contributed by atoms with van der Waals surface area (Å²) in [5, 5.41) is 4.88. The molecule has 0 unspecified atom stereocenters. The van der Waals surface area contributed by atoms with Crippen molar-refractivity contribution in [1.29, 1.82) is 0 Å². The van der Waals surface area contributed by atoms with E-state index < -0.39 is 0 Å². The van der Waals surface area contributed by atoms with Crippen molar-refractivity contribution < 1.29 is 4.79 Å². The smallest absolute Gasteiger partial charge is 0.265 e. The quantitative estimate of drug-likeness (QED) is 0.736. The number of hydrogen-bond donors (Lipinski definition) is 1. The maximum Gasteiger partial charge on any atom is 0.265 e. The summed E-state index contributed by atoms with van der Waals surface area (Å²) >= 11 is 1.44. The van der Waals surface area contributed by atoms with Crippen molar-refractivity contribution in [2.24, 2.45) is 0 Å². The highest BCUT2D eigenvalue weighted by Gasteiger charge is 2.18. The van der Waals surface area contributed by atoms with Gasteiger partial charge in [-0.1, -0.05) is 6.07 Å². The van der Waals surface area contributed by atoms with E-state index in [4.69, 9.17) is 4.98 Å². The van der Waals surface area contributed by atoms with Crippen LogP contribution in [0, 0.1) is 0 Å². The van der Waals surface area contributed by atoms with E-state index in [0.29, 0.717) is 4.88 Å². The summed E-state index contributed by atoms with van der Waals surface area (Å²) < 4.78 is 2.28. The van der Waals surface area contributed by atoms with Gasteiger partial charge in [-0.25, -0.2) is 4.98 Å². The molecule has 0 spiro atoms. The van der Waals surface area contributed by atoms with E-state index in [1.807, 2.05) is 29.6 Å². The Kier molecular flexibility index (Phi) is 5.24. The molecule has 0 saturated carbocycles. The van der Waals surface area contributed by atoms with Gasteiger partial charge in [0.05, 0.1) is 22.5 Å². The molecule has 1 fully saturated rings. The average Bonchev–Trinajstić information content (AvgIpc) is 3.31. The number of imidazole rings is 1. The summed E-state index contributed by atoms with van der Waals surface area (Å²) in [4.78, 5) is 22.7. The van der Waals surface area contributed by atoms with Crippen molar-refractivity contribution in [2.75, 3.05) is 38.5 Å². The average molecular weight is 384 g/mol. The monoisotopic (exact) mass is 383 g/mol. The van der Waals surface area contributed by atoms with Crippen molar-refractivity contribution in [3.05, 3.63) is 46.4 Å². The van der Waals surface area contributed by atoms with Gasteiger partial charge < -0.3 is 14.8 Å². The first-order chi connectivity index (χ1) is 13.1. The van der Waals surface area contributed by atoms with Crippen LogP contribution in [0.3, 0.4) is 0 Å². The summed E-state index contributed by atoms with van der Waals surface area (Å²) in [6.07, 6.45) is 0. The minimum Gasteiger partial charge on any atom is -0.327 e. The molecule has 2 aromatic heterocycles. The summed E-state index contributed by atoms with van der Waals surface area (Å²) in [5.41, 5.74) is 2.84. The van der Waals surface area contributed by atoms with Gasteiger partial charge in [0.1, 0.15) is 5.82 Å². The molecule has 3 aromatic rings. The van der Waals surface area contributed by atoms with Crippen molar-refractivity contribution >= 4 is 34.0 Å². The largest absolute Gasteiger partial charge is 0.327 e. The lowest BCUT2D eigenvalue weighted by atomic mass is 10.2. The van der Waals surface area contributed by atoms with E-state index in [2.05, 4.69) is 39.7 Å². The van der Waals surface area contributed by atoms with E-state index in [0.717, 1.165) is 61.8 Å². The predicted molar refractivity (Wildman–Crippen MR) is 110 cm³/mol. The Morgan fingerprint density at radius 3 is 2.74 bits per heavy atom. The molecule has 1 saturated heterocycles. The number of anilines is 1. The molecule has 142 valence electrons. The Hall–Kier alpha value is -2.22. The molecule has 1 amide bonds. The summed E-state index contributed by atoms with van der Waals surface area (Å²) in [6, 6.07) is 9.71. The van der Waals surface area contributed by atoms with Crippen molar-refractivity contribution in [3.8, 4) is 0 Å². The predicted octanol–water partition coefficient (Wildman–Crippen LogP) is 3.12. The maximum atomic E-state index is 12.3. The zero-order valence-corrected chi connectivity index (χ0v) is 16.6. The lowest BCUT2D eigenvalue weighted by Crippen LogP contribution is -2.44. The van der Waals surface area contributed by atoms with Crippen LogP contribution in [0.5, 0.6) is 0 Å². The number of likely N-dealkylation sites (N-methyl/N-ethyl adjacent to an activating group) is 1. The summed E-state index contributed by atoms with van der Waals surface area (Å²) in [6.45, 7) is 8.27. The highest BCUT2D eigenvalue weighted by Crippen LogP contribution is 2.23. The van der Waals surface area contributed by atoms with E-state index in [1.54, 1.807) is 0 Å². The number of carbonyl (C=O) groups is 1. The van der Waals surface area contributed by atoms with Crippen LogP contribution in [-0.2, 0) is 13.1 Å². The van der Waals surface area contributed by atoms with Gasteiger partial charge in [-0.3, -0.25) is 9.69 Å². The van der Waals surface area contributed by atoms with E-state index in [9.17, 15) is 4.79 Å². The van der Waals surface area contributed by atoms with E-state index >= 15 is 0 Å². The number of benzene rings is 1. The number of nitrogens with one attached hydrogen (secondary N) is 1. The third-order valence-electron chi connectivity index (χ3n) is 5.11. The van der Waals surface area contributed by atoms with E-state index in [1.165, 1.54) is 11.3 Å². The molecule has 1 aromatic carbocycles. The number of aromatic nitrogens is 2. The van der Waals surface area contributed by atoms with Gasteiger partial charge in [0.15, 0.2) is 0 Å². The van der Waals surface area contributed by atoms with Crippen LogP contribution in [0.4, 0.5) is 5.69 Å². The molecule has 4 rings (SSSR count). The number of carbonyl (C=O) groups excluding carboxylic acids is 1. The molecule has 0 radical (unpaired) electrons. The number of rotatable bonds is 5. The Labute approximate surface area is 163 Å². The second-order valence-electron chi connectivity index (χ2n) is 6.99. The lowest BCUT2D eigenvalue weighted by Gasteiger charge is -2.32. The second kappa shape index (κ2) is 7.80. The number of aryl methyl sites for hydroxylation is 1. The topological polar surface area (TPSA) is 53.4 Å². The standard InChI is InChI=1S/C20H25N5OS/c1-3-25-17-7-6-15(21-20(26)18-5-4-12-27-18)13-16(17)22-19(25)14-24-10-8-23(2)9-11-24/h4-7,12-13H,3,8-11,14H2,1-2H3,(H,21,26). The molecule has 0 bridgehead atoms. The first-order valence-corrected chi connectivity index (χ1v) is 10.3. The molecule has 3 heterocycles. The van der Waals surface area contributed by atoms with Crippen LogP contribution >= 0.6 is 11.3 Å². The van der Waals surface area contributed by atoms with Gasteiger partial charge in [-0.2, -0.15) is 0 Å². The molecule has 1 N–H and O–H groups in total. The van der Waals surface area contributed by atoms with Gasteiger partial charge in [0.25, 0.3) is 5.91 Å². The molecular formula is C20H25N5OS. The maximum absolute atomic E-state index is 12.3. The molecule has 27 heavy (non-hydrogen) atoms. The van der Waals surface area contributed by atoms with Crippen LogP contribution in [0.1, 0.15) is 22.4 Å². The van der Waals surface area contributed by atoms with E-state index in [-0.39, 0.29) is 5.91 Å². The highest BCUT2D eigenvalue weighted by atomic mass is 32.1. The van der Waals surface area contributed by atoms with Crippen LogP contribution < -0.4 is 5.32 Å². The fraction of sp³-hybridized carbons (Fsp3) is 0.400. The Balaban J connectivity index is 1.55. The van der Waals surface area contributed by atoms with Crippen LogP contribution in [0.2, 0.25) is 0 Å². The molecule has 6 nitrogen and oxygen atoms in total. The highest BCUT2D eigenvalue weighted by molar-refractivity contribution is 7.12. The molecule has 1 aliphatic heterocycles. The molecule has 1 aliphatic rings. The Bertz CT molecular complexity index is 925. The molecule has 0 atom stereocenters. The van der Waals surface area contributed by atoms with Gasteiger partial charge in [-0.15, -0.1) is 11.3 Å². The summed E-state index contributed by atoms with van der Waals surface area (Å²) in [7, 11) is 2.17.